The molecule has 1 amide bonds. The number of carbonyl (C=O) groups is 1. The number of pyridine rings is 1. The molecule has 0 aliphatic carbocycles. The third-order valence-electron chi connectivity index (χ3n) is 8.97. The van der Waals surface area contributed by atoms with Gasteiger partial charge in [0.2, 0.25) is 5.91 Å². The highest BCUT2D eigenvalue weighted by Gasteiger charge is 2.28. The molecule has 0 radical (unpaired) electrons. The summed E-state index contributed by atoms with van der Waals surface area (Å²) in [5, 5.41) is 4.10. The van der Waals surface area contributed by atoms with Crippen LogP contribution in [0, 0.1) is 11.7 Å². The highest BCUT2D eigenvalue weighted by molar-refractivity contribution is 6.32. The number of piperidine rings is 1. The van der Waals surface area contributed by atoms with Crippen LogP contribution >= 0.6 is 11.6 Å². The Morgan fingerprint density at radius 3 is 2.79 bits per heavy atom. The Bertz CT molecular complexity index is 1470. The molecule has 224 valence electrons. The topological polar surface area (TPSA) is 109 Å². The van der Waals surface area contributed by atoms with E-state index in [-0.39, 0.29) is 29.2 Å². The van der Waals surface area contributed by atoms with E-state index in [1.165, 1.54) is 0 Å². The number of hydrogen-bond acceptors (Lipinski definition) is 8. The van der Waals surface area contributed by atoms with Gasteiger partial charge < -0.3 is 25.6 Å². The number of rotatable bonds is 3. The van der Waals surface area contributed by atoms with E-state index in [1.54, 1.807) is 18.3 Å². The molecule has 11 heteroatoms. The van der Waals surface area contributed by atoms with E-state index >= 15 is 4.39 Å². The summed E-state index contributed by atoms with van der Waals surface area (Å²) in [6, 6.07) is 3.84. The lowest BCUT2D eigenvalue weighted by molar-refractivity contribution is -0.121. The number of benzene rings is 1. The second-order valence-corrected chi connectivity index (χ2v) is 12.3. The Labute approximate surface area is 251 Å². The van der Waals surface area contributed by atoms with Crippen molar-refractivity contribution in [2.45, 2.75) is 63.8 Å². The van der Waals surface area contributed by atoms with Crippen LogP contribution in [0.3, 0.4) is 0 Å². The summed E-state index contributed by atoms with van der Waals surface area (Å²) in [6.45, 7) is 3.66. The summed E-state index contributed by atoms with van der Waals surface area (Å²) >= 11 is 6.65. The lowest BCUT2D eigenvalue weighted by atomic mass is 9.94. The average molecular weight is 596 g/mol. The molecule has 2 atom stereocenters. The predicted octanol–water partition coefficient (Wildman–Crippen LogP) is 4.99. The number of likely N-dealkylation sites (tertiary alicyclic amines) is 1. The molecule has 6 bridgehead atoms. The van der Waals surface area contributed by atoms with Gasteiger partial charge in [-0.3, -0.25) is 9.78 Å². The lowest BCUT2D eigenvalue weighted by Gasteiger charge is -2.34. The van der Waals surface area contributed by atoms with E-state index in [2.05, 4.69) is 32.1 Å². The van der Waals surface area contributed by atoms with E-state index in [4.69, 9.17) is 27.1 Å². The number of aromatic nitrogens is 3. The predicted molar refractivity (Wildman–Crippen MR) is 163 cm³/mol. The Morgan fingerprint density at radius 2 is 1.95 bits per heavy atom. The Kier molecular flexibility index (Phi) is 8.62. The van der Waals surface area contributed by atoms with E-state index < -0.39 is 5.82 Å². The normalized spacial score (nSPS) is 22.2. The number of nitrogens with zero attached hydrogens (tertiary/aromatic N) is 5. The molecular weight excluding hydrogens is 557 g/mol. The number of ether oxygens (including phenoxy) is 1. The van der Waals surface area contributed by atoms with Crippen LogP contribution in [0.15, 0.2) is 18.3 Å². The van der Waals surface area contributed by atoms with Gasteiger partial charge in [0.1, 0.15) is 23.6 Å². The smallest absolute Gasteiger partial charge is 0.319 e. The number of anilines is 2. The number of nitrogens with one attached hydrogen (secondary N) is 1. The maximum absolute atomic E-state index is 16.6. The summed E-state index contributed by atoms with van der Waals surface area (Å²) < 4.78 is 22.8. The summed E-state index contributed by atoms with van der Waals surface area (Å²) in [5.41, 5.74) is 8.22. The van der Waals surface area contributed by atoms with Crippen molar-refractivity contribution in [3.63, 3.8) is 0 Å². The monoisotopic (exact) mass is 595 g/mol. The van der Waals surface area contributed by atoms with Gasteiger partial charge in [-0.2, -0.15) is 9.97 Å². The molecule has 2 unspecified atom stereocenters. The van der Waals surface area contributed by atoms with E-state index in [9.17, 15) is 4.79 Å². The second-order valence-electron chi connectivity index (χ2n) is 11.9. The molecule has 2 aromatic heterocycles. The molecule has 3 aromatic rings. The molecule has 4 aliphatic rings. The number of fused-ring (bicyclic) bond motifs is 8. The van der Waals surface area contributed by atoms with Crippen molar-refractivity contribution in [3.8, 4) is 17.3 Å². The molecule has 0 spiro atoms. The van der Waals surface area contributed by atoms with Crippen LogP contribution in [-0.4, -0.2) is 71.6 Å². The van der Waals surface area contributed by atoms with Crippen molar-refractivity contribution in [2.75, 3.05) is 50.5 Å². The highest BCUT2D eigenvalue weighted by atomic mass is 35.5. The van der Waals surface area contributed by atoms with Crippen LogP contribution in [0.1, 0.15) is 56.9 Å². The van der Waals surface area contributed by atoms with Gasteiger partial charge in [-0.05, 0) is 88.6 Å². The average Bonchev–Trinajstić information content (AvgIpc) is 3.39. The molecule has 42 heavy (non-hydrogen) atoms. The minimum Gasteiger partial charge on any atom is -0.462 e. The van der Waals surface area contributed by atoms with Crippen LogP contribution in [0.2, 0.25) is 5.02 Å². The number of amides is 1. The first-order valence-corrected chi connectivity index (χ1v) is 15.5. The maximum Gasteiger partial charge on any atom is 0.319 e. The first kappa shape index (κ1) is 28.9. The molecule has 0 saturated carbocycles. The van der Waals surface area contributed by atoms with Crippen molar-refractivity contribution in [1.82, 2.24) is 25.2 Å². The number of nitrogen functional groups attached to an aromatic ring is 1. The van der Waals surface area contributed by atoms with Crippen LogP contribution in [0.5, 0.6) is 6.01 Å². The van der Waals surface area contributed by atoms with Crippen molar-refractivity contribution >= 4 is 39.9 Å². The highest BCUT2D eigenvalue weighted by Crippen LogP contribution is 2.38. The lowest BCUT2D eigenvalue weighted by Crippen LogP contribution is -2.38. The Balaban J connectivity index is 1.47. The van der Waals surface area contributed by atoms with Crippen molar-refractivity contribution in [2.24, 2.45) is 5.92 Å². The molecular formula is C31H39ClFN7O2. The van der Waals surface area contributed by atoms with Crippen LogP contribution in [-0.2, 0) is 11.2 Å². The third kappa shape index (κ3) is 6.10. The summed E-state index contributed by atoms with van der Waals surface area (Å²) in [7, 11) is 2.09. The number of likely N-dealkylation sites (N-methyl/N-ethyl adjacent to an activating group) is 1. The SMILES string of the molecule is CN1CCCC1COc1nc2c3cnc(c(F)c3n1)-c1cc(N)cc(Cl)c1CCCCC(=O)NCCC1CCCN2C1. The fraction of sp³-hybridized carbons (Fsp3) is 0.548. The number of nitrogens with two attached hydrogens (primary N) is 1. The maximum atomic E-state index is 16.6. The van der Waals surface area contributed by atoms with E-state index in [1.807, 2.05) is 0 Å². The van der Waals surface area contributed by atoms with Gasteiger partial charge in [0.15, 0.2) is 5.82 Å². The molecule has 2 fully saturated rings. The zero-order valence-electron chi connectivity index (χ0n) is 24.2. The number of hydrogen-bond donors (Lipinski definition) is 2. The molecule has 1 aromatic carbocycles. The minimum absolute atomic E-state index is 0.0576. The van der Waals surface area contributed by atoms with Crippen LogP contribution < -0.4 is 20.7 Å². The summed E-state index contributed by atoms with van der Waals surface area (Å²) in [4.78, 5) is 31.1. The Hall–Kier alpha value is -3.24. The van der Waals surface area contributed by atoms with E-state index in [0.29, 0.717) is 65.8 Å². The Morgan fingerprint density at radius 1 is 1.12 bits per heavy atom. The molecule has 7 rings (SSSR count). The second kappa shape index (κ2) is 12.6. The fourth-order valence-corrected chi connectivity index (χ4v) is 6.91. The molecule has 4 aliphatic heterocycles. The van der Waals surface area contributed by atoms with Crippen molar-refractivity contribution in [3.05, 3.63) is 34.7 Å². The summed E-state index contributed by atoms with van der Waals surface area (Å²) in [5.74, 6) is 0.528. The first-order chi connectivity index (χ1) is 20.4. The van der Waals surface area contributed by atoms with Gasteiger partial charge in [0, 0.05) is 54.6 Å². The largest absolute Gasteiger partial charge is 0.462 e. The fourth-order valence-electron chi connectivity index (χ4n) is 6.58. The standard InChI is InChI=1S/C31H39ClFN7O2/c1-39-12-5-7-21(39)18-42-31-37-29-24-16-36-28(27(29)33)23-14-20(34)15-25(32)22(23)8-2-3-9-26(41)35-11-10-19-6-4-13-40(17-19)30(24)38-31/h14-16,19,21H,2-13,17-18,34H2,1H3,(H,35,41). The van der Waals surface area contributed by atoms with Gasteiger partial charge in [-0.25, -0.2) is 4.39 Å². The van der Waals surface area contributed by atoms with Gasteiger partial charge in [-0.15, -0.1) is 0 Å². The molecule has 2 saturated heterocycles. The van der Waals surface area contributed by atoms with Crippen LogP contribution in [0.4, 0.5) is 15.9 Å². The minimum atomic E-state index is -0.545. The molecule has 3 N–H and O–H groups in total. The third-order valence-corrected chi connectivity index (χ3v) is 9.30. The molecule has 6 heterocycles. The zero-order chi connectivity index (χ0) is 29.2. The quantitative estimate of drug-likeness (QED) is 0.408. The summed E-state index contributed by atoms with van der Waals surface area (Å²) in [6.07, 6.45) is 9.19. The van der Waals surface area contributed by atoms with Gasteiger partial charge in [0.05, 0.1) is 5.39 Å². The number of halogens is 2. The first-order valence-electron chi connectivity index (χ1n) is 15.2. The zero-order valence-corrected chi connectivity index (χ0v) is 24.9. The number of carbonyl (C=O) groups excluding carboxylic acids is 1. The van der Waals surface area contributed by atoms with E-state index in [0.717, 1.165) is 63.7 Å². The molecule has 9 nitrogen and oxygen atoms in total. The van der Waals surface area contributed by atoms with Gasteiger partial charge in [0.25, 0.3) is 0 Å². The van der Waals surface area contributed by atoms with Crippen molar-refractivity contribution in [1.29, 1.82) is 0 Å². The van der Waals surface area contributed by atoms with Gasteiger partial charge >= 0.3 is 6.01 Å². The van der Waals surface area contributed by atoms with Crippen LogP contribution in [0.25, 0.3) is 22.2 Å². The van der Waals surface area contributed by atoms with Crippen molar-refractivity contribution < 1.29 is 13.9 Å². The van der Waals surface area contributed by atoms with Gasteiger partial charge in [-0.1, -0.05) is 11.6 Å².